The summed E-state index contributed by atoms with van der Waals surface area (Å²) in [7, 11) is 0. The summed E-state index contributed by atoms with van der Waals surface area (Å²) in [4.78, 5) is 11.9. The quantitative estimate of drug-likeness (QED) is 0.543. The summed E-state index contributed by atoms with van der Waals surface area (Å²) >= 11 is 0. The van der Waals surface area contributed by atoms with E-state index in [1.165, 1.54) is 30.3 Å². The SMILES string of the molecule is O=C(Nc1ccc(Nc2cccc(F)c2)nn1)c1ccc(F)c(F)c1F. The summed E-state index contributed by atoms with van der Waals surface area (Å²) in [6, 6.07) is 9.92. The molecule has 0 atom stereocenters. The molecule has 2 N–H and O–H groups in total. The molecule has 132 valence electrons. The van der Waals surface area contributed by atoms with Crippen LogP contribution in [0.15, 0.2) is 48.5 Å². The Morgan fingerprint density at radius 1 is 0.846 bits per heavy atom. The molecule has 0 saturated heterocycles. The van der Waals surface area contributed by atoms with E-state index in [0.717, 1.165) is 6.07 Å². The molecule has 2 aromatic carbocycles. The van der Waals surface area contributed by atoms with Crippen LogP contribution in [0.25, 0.3) is 0 Å². The van der Waals surface area contributed by atoms with E-state index in [2.05, 4.69) is 20.8 Å². The van der Waals surface area contributed by atoms with Gasteiger partial charge in [0.05, 0.1) is 5.56 Å². The molecular formula is C17H10F4N4O. The Morgan fingerprint density at radius 3 is 2.27 bits per heavy atom. The fourth-order valence-electron chi connectivity index (χ4n) is 2.06. The minimum absolute atomic E-state index is 0.0380. The second kappa shape index (κ2) is 7.18. The molecular weight excluding hydrogens is 352 g/mol. The molecule has 3 rings (SSSR count). The number of carbonyl (C=O) groups is 1. The van der Waals surface area contributed by atoms with Gasteiger partial charge >= 0.3 is 0 Å². The van der Waals surface area contributed by atoms with Crippen LogP contribution < -0.4 is 10.6 Å². The number of rotatable bonds is 4. The summed E-state index contributed by atoms with van der Waals surface area (Å²) in [5, 5.41) is 12.5. The van der Waals surface area contributed by atoms with Gasteiger partial charge < -0.3 is 10.6 Å². The summed E-state index contributed by atoms with van der Waals surface area (Å²) in [6.07, 6.45) is 0. The van der Waals surface area contributed by atoms with E-state index in [9.17, 15) is 22.4 Å². The summed E-state index contributed by atoms with van der Waals surface area (Å²) in [6.45, 7) is 0. The van der Waals surface area contributed by atoms with Gasteiger partial charge in [0.2, 0.25) is 0 Å². The molecule has 5 nitrogen and oxygen atoms in total. The average Bonchev–Trinajstić information content (AvgIpc) is 2.61. The highest BCUT2D eigenvalue weighted by Gasteiger charge is 2.19. The zero-order valence-corrected chi connectivity index (χ0v) is 12.9. The van der Waals surface area contributed by atoms with Crippen LogP contribution in [0.2, 0.25) is 0 Å². The lowest BCUT2D eigenvalue weighted by molar-refractivity contribution is 0.102. The highest BCUT2D eigenvalue weighted by molar-refractivity contribution is 6.03. The molecule has 0 aliphatic rings. The lowest BCUT2D eigenvalue weighted by Gasteiger charge is -2.08. The lowest BCUT2D eigenvalue weighted by atomic mass is 10.2. The van der Waals surface area contributed by atoms with E-state index in [0.29, 0.717) is 11.8 Å². The van der Waals surface area contributed by atoms with Crippen molar-refractivity contribution in [1.82, 2.24) is 10.2 Å². The second-order valence-electron chi connectivity index (χ2n) is 5.12. The third kappa shape index (κ3) is 3.77. The number of hydrogen-bond acceptors (Lipinski definition) is 4. The third-order valence-corrected chi connectivity index (χ3v) is 3.28. The highest BCUT2D eigenvalue weighted by atomic mass is 19.2. The molecule has 1 heterocycles. The standard InChI is InChI=1S/C17H10F4N4O/c18-9-2-1-3-10(8-9)22-13-6-7-14(25-24-13)23-17(26)11-4-5-12(19)16(21)15(11)20/h1-8H,(H,22,24)(H,23,25,26). The second-order valence-corrected chi connectivity index (χ2v) is 5.12. The minimum Gasteiger partial charge on any atom is -0.339 e. The van der Waals surface area contributed by atoms with Crippen molar-refractivity contribution in [3.63, 3.8) is 0 Å². The van der Waals surface area contributed by atoms with Crippen LogP contribution in [-0.2, 0) is 0 Å². The maximum atomic E-state index is 13.6. The molecule has 0 bridgehead atoms. The predicted molar refractivity (Wildman–Crippen MR) is 86.0 cm³/mol. The van der Waals surface area contributed by atoms with Gasteiger partial charge in [-0.2, -0.15) is 0 Å². The van der Waals surface area contributed by atoms with Crippen molar-refractivity contribution in [2.24, 2.45) is 0 Å². The first-order chi connectivity index (χ1) is 12.4. The molecule has 0 unspecified atom stereocenters. The molecule has 26 heavy (non-hydrogen) atoms. The van der Waals surface area contributed by atoms with E-state index in [-0.39, 0.29) is 11.6 Å². The van der Waals surface area contributed by atoms with Crippen molar-refractivity contribution in [1.29, 1.82) is 0 Å². The predicted octanol–water partition coefficient (Wildman–Crippen LogP) is 4.03. The van der Waals surface area contributed by atoms with Gasteiger partial charge in [-0.05, 0) is 42.5 Å². The monoisotopic (exact) mass is 362 g/mol. The molecule has 0 saturated carbocycles. The van der Waals surface area contributed by atoms with E-state index in [4.69, 9.17) is 0 Å². The van der Waals surface area contributed by atoms with E-state index in [1.807, 2.05) is 0 Å². The Hall–Kier alpha value is -3.49. The number of carbonyl (C=O) groups excluding carboxylic acids is 1. The molecule has 0 aliphatic heterocycles. The lowest BCUT2D eigenvalue weighted by Crippen LogP contribution is -2.16. The number of halogens is 4. The molecule has 0 spiro atoms. The van der Waals surface area contributed by atoms with Crippen molar-refractivity contribution in [2.75, 3.05) is 10.6 Å². The molecule has 1 aromatic heterocycles. The Bertz CT molecular complexity index is 963. The molecule has 3 aromatic rings. The normalized spacial score (nSPS) is 10.5. The number of nitrogens with one attached hydrogen (secondary N) is 2. The average molecular weight is 362 g/mol. The number of nitrogens with zero attached hydrogens (tertiary/aromatic N) is 2. The maximum Gasteiger partial charge on any atom is 0.259 e. The first-order valence-electron chi connectivity index (χ1n) is 7.25. The van der Waals surface area contributed by atoms with E-state index >= 15 is 0 Å². The van der Waals surface area contributed by atoms with Gasteiger partial charge in [-0.1, -0.05) is 6.07 Å². The van der Waals surface area contributed by atoms with Gasteiger partial charge in [-0.15, -0.1) is 10.2 Å². The van der Waals surface area contributed by atoms with Crippen LogP contribution in [0.1, 0.15) is 10.4 Å². The van der Waals surface area contributed by atoms with Gasteiger partial charge in [0.1, 0.15) is 5.82 Å². The van der Waals surface area contributed by atoms with Crippen LogP contribution in [0, 0.1) is 23.3 Å². The van der Waals surface area contributed by atoms with Crippen LogP contribution >= 0.6 is 0 Å². The number of anilines is 3. The zero-order chi connectivity index (χ0) is 18.7. The highest BCUT2D eigenvalue weighted by Crippen LogP contribution is 2.18. The van der Waals surface area contributed by atoms with Crippen molar-refractivity contribution in [3.05, 3.63) is 77.4 Å². The van der Waals surface area contributed by atoms with Crippen molar-refractivity contribution in [2.45, 2.75) is 0 Å². The van der Waals surface area contributed by atoms with Crippen LogP contribution in [0.5, 0.6) is 0 Å². The molecule has 0 aliphatic carbocycles. The third-order valence-electron chi connectivity index (χ3n) is 3.28. The largest absolute Gasteiger partial charge is 0.339 e. The van der Waals surface area contributed by atoms with Crippen LogP contribution in [0.3, 0.4) is 0 Å². The first kappa shape index (κ1) is 17.3. The van der Waals surface area contributed by atoms with Gasteiger partial charge in [0.25, 0.3) is 5.91 Å². The number of aromatic nitrogens is 2. The van der Waals surface area contributed by atoms with E-state index in [1.54, 1.807) is 6.07 Å². The zero-order valence-electron chi connectivity index (χ0n) is 12.9. The summed E-state index contributed by atoms with van der Waals surface area (Å²) in [5.41, 5.74) is -0.229. The van der Waals surface area contributed by atoms with Gasteiger partial charge in [0, 0.05) is 5.69 Å². The summed E-state index contributed by atoms with van der Waals surface area (Å²) in [5.74, 6) is -5.94. The van der Waals surface area contributed by atoms with Crippen LogP contribution in [0.4, 0.5) is 34.9 Å². The van der Waals surface area contributed by atoms with E-state index < -0.39 is 34.7 Å². The molecule has 1 amide bonds. The smallest absolute Gasteiger partial charge is 0.259 e. The number of amides is 1. The maximum absolute atomic E-state index is 13.6. The molecule has 0 fully saturated rings. The van der Waals surface area contributed by atoms with Crippen molar-refractivity contribution < 1.29 is 22.4 Å². The van der Waals surface area contributed by atoms with Crippen molar-refractivity contribution >= 4 is 23.2 Å². The Kier molecular flexibility index (Phi) is 4.78. The minimum atomic E-state index is -1.74. The topological polar surface area (TPSA) is 66.9 Å². The Labute approximate surface area is 144 Å². The molecule has 9 heteroatoms. The number of hydrogen-bond donors (Lipinski definition) is 2. The van der Waals surface area contributed by atoms with Gasteiger partial charge in [0.15, 0.2) is 29.1 Å². The van der Waals surface area contributed by atoms with Gasteiger partial charge in [-0.3, -0.25) is 4.79 Å². The van der Waals surface area contributed by atoms with Gasteiger partial charge in [-0.25, -0.2) is 17.6 Å². The van der Waals surface area contributed by atoms with Crippen LogP contribution in [-0.4, -0.2) is 16.1 Å². The van der Waals surface area contributed by atoms with Crippen molar-refractivity contribution in [3.8, 4) is 0 Å². The molecule has 0 radical (unpaired) electrons. The number of benzene rings is 2. The fraction of sp³-hybridized carbons (Fsp3) is 0. The Balaban J connectivity index is 1.71. The summed E-state index contributed by atoms with van der Waals surface area (Å²) < 4.78 is 52.8. The first-order valence-corrected chi connectivity index (χ1v) is 7.25. The Morgan fingerprint density at radius 2 is 1.58 bits per heavy atom. The fourth-order valence-corrected chi connectivity index (χ4v) is 2.06.